The molecule has 78 valence electrons. The topological polar surface area (TPSA) is 33.1 Å². The smallest absolute Gasteiger partial charge is 0.122 e. The van der Waals surface area contributed by atoms with E-state index >= 15 is 0 Å². The summed E-state index contributed by atoms with van der Waals surface area (Å²) in [5, 5.41) is 3.44. The van der Waals surface area contributed by atoms with Gasteiger partial charge in [0.15, 0.2) is 0 Å². The maximum absolute atomic E-state index is 4.34. The molecule has 0 spiro atoms. The predicted octanol–water partition coefficient (Wildman–Crippen LogP) is 0.214. The fraction of sp³-hybridized carbons (Fsp3) is 0.700. The van der Waals surface area contributed by atoms with Crippen molar-refractivity contribution >= 4 is 0 Å². The van der Waals surface area contributed by atoms with Gasteiger partial charge in [-0.05, 0) is 6.92 Å². The highest BCUT2D eigenvalue weighted by atomic mass is 15.2. The first-order valence-electron chi connectivity index (χ1n) is 5.17. The number of hydrogen-bond donors (Lipinski definition) is 1. The van der Waals surface area contributed by atoms with E-state index in [0.717, 1.165) is 32.0 Å². The molecule has 4 nitrogen and oxygen atoms in total. The molecule has 1 aliphatic heterocycles. The van der Waals surface area contributed by atoms with Crippen molar-refractivity contribution in [2.45, 2.75) is 19.5 Å². The standard InChI is InChI=1S/C10H18N4/c1-9-7-14(6-4-11-9)8-10-12-3-5-13(10)2/h3,5,9,11H,4,6-8H2,1-2H3. The van der Waals surface area contributed by atoms with E-state index in [-0.39, 0.29) is 0 Å². The summed E-state index contributed by atoms with van der Waals surface area (Å²) < 4.78 is 2.09. The second-order valence-corrected chi connectivity index (χ2v) is 4.04. The lowest BCUT2D eigenvalue weighted by Gasteiger charge is -2.31. The predicted molar refractivity (Wildman–Crippen MR) is 55.9 cm³/mol. The van der Waals surface area contributed by atoms with Crippen LogP contribution in [0.2, 0.25) is 0 Å². The van der Waals surface area contributed by atoms with E-state index in [2.05, 4.69) is 26.7 Å². The fourth-order valence-corrected chi connectivity index (χ4v) is 1.90. The fourth-order valence-electron chi connectivity index (χ4n) is 1.90. The zero-order valence-corrected chi connectivity index (χ0v) is 8.90. The second-order valence-electron chi connectivity index (χ2n) is 4.04. The maximum atomic E-state index is 4.34. The first-order valence-corrected chi connectivity index (χ1v) is 5.17. The minimum Gasteiger partial charge on any atom is -0.337 e. The largest absolute Gasteiger partial charge is 0.337 e. The summed E-state index contributed by atoms with van der Waals surface area (Å²) in [5.74, 6) is 1.15. The number of rotatable bonds is 2. The van der Waals surface area contributed by atoms with Crippen LogP contribution in [-0.2, 0) is 13.6 Å². The van der Waals surface area contributed by atoms with Crippen molar-refractivity contribution in [1.29, 1.82) is 0 Å². The molecule has 1 atom stereocenters. The van der Waals surface area contributed by atoms with Crippen LogP contribution in [-0.4, -0.2) is 40.1 Å². The molecule has 2 rings (SSSR count). The molecule has 0 radical (unpaired) electrons. The first kappa shape index (κ1) is 9.68. The van der Waals surface area contributed by atoms with Crippen LogP contribution in [0.3, 0.4) is 0 Å². The lowest BCUT2D eigenvalue weighted by atomic mass is 10.2. The Bertz CT molecular complexity index is 294. The molecule has 0 saturated carbocycles. The molecule has 4 heteroatoms. The lowest BCUT2D eigenvalue weighted by molar-refractivity contribution is 0.194. The summed E-state index contributed by atoms with van der Waals surface area (Å²) in [6, 6.07) is 0.601. The van der Waals surface area contributed by atoms with E-state index in [4.69, 9.17) is 0 Å². The summed E-state index contributed by atoms with van der Waals surface area (Å²) in [7, 11) is 2.05. The molecule has 1 fully saturated rings. The van der Waals surface area contributed by atoms with Gasteiger partial charge in [0.1, 0.15) is 5.82 Å². The normalized spacial score (nSPS) is 24.0. The molecular formula is C10H18N4. The minimum atomic E-state index is 0.601. The van der Waals surface area contributed by atoms with Crippen LogP contribution in [0.4, 0.5) is 0 Å². The Morgan fingerprint density at radius 3 is 3.14 bits per heavy atom. The van der Waals surface area contributed by atoms with Gasteiger partial charge in [-0.25, -0.2) is 4.98 Å². The van der Waals surface area contributed by atoms with Gasteiger partial charge in [0.25, 0.3) is 0 Å². The van der Waals surface area contributed by atoms with Crippen LogP contribution in [0.15, 0.2) is 12.4 Å². The molecule has 2 heterocycles. The van der Waals surface area contributed by atoms with Crippen LogP contribution < -0.4 is 5.32 Å². The van der Waals surface area contributed by atoms with Crippen LogP contribution in [0, 0.1) is 0 Å². The number of hydrogen-bond acceptors (Lipinski definition) is 3. The van der Waals surface area contributed by atoms with Gasteiger partial charge in [-0.3, -0.25) is 4.90 Å². The highest BCUT2D eigenvalue weighted by Gasteiger charge is 2.16. The van der Waals surface area contributed by atoms with Gasteiger partial charge in [-0.2, -0.15) is 0 Å². The summed E-state index contributed by atoms with van der Waals surface area (Å²) in [6.07, 6.45) is 3.86. The van der Waals surface area contributed by atoms with Gasteiger partial charge in [0.05, 0.1) is 6.54 Å². The maximum Gasteiger partial charge on any atom is 0.122 e. The molecular weight excluding hydrogens is 176 g/mol. The molecule has 0 aromatic carbocycles. The highest BCUT2D eigenvalue weighted by molar-refractivity contribution is 4.92. The zero-order chi connectivity index (χ0) is 9.97. The van der Waals surface area contributed by atoms with Gasteiger partial charge >= 0.3 is 0 Å². The van der Waals surface area contributed by atoms with E-state index < -0.39 is 0 Å². The van der Waals surface area contributed by atoms with E-state index in [1.54, 1.807) is 0 Å². The van der Waals surface area contributed by atoms with Gasteiger partial charge in [-0.15, -0.1) is 0 Å². The van der Waals surface area contributed by atoms with Gasteiger partial charge in [0, 0.05) is 45.1 Å². The Morgan fingerprint density at radius 1 is 1.64 bits per heavy atom. The van der Waals surface area contributed by atoms with E-state index in [0.29, 0.717) is 6.04 Å². The SMILES string of the molecule is CC1CN(Cc2nccn2C)CCN1. The van der Waals surface area contributed by atoms with Crippen molar-refractivity contribution in [2.75, 3.05) is 19.6 Å². The number of nitrogens with zero attached hydrogens (tertiary/aromatic N) is 3. The zero-order valence-electron chi connectivity index (χ0n) is 8.90. The van der Waals surface area contributed by atoms with Crippen molar-refractivity contribution in [2.24, 2.45) is 7.05 Å². The van der Waals surface area contributed by atoms with Crippen molar-refractivity contribution in [3.05, 3.63) is 18.2 Å². The third-order valence-corrected chi connectivity index (χ3v) is 2.74. The third-order valence-electron chi connectivity index (χ3n) is 2.74. The molecule has 1 aliphatic rings. The van der Waals surface area contributed by atoms with E-state index in [1.807, 2.05) is 19.4 Å². The van der Waals surface area contributed by atoms with Crippen LogP contribution in [0.5, 0.6) is 0 Å². The van der Waals surface area contributed by atoms with Gasteiger partial charge in [-0.1, -0.05) is 0 Å². The molecule has 0 bridgehead atoms. The summed E-state index contributed by atoms with van der Waals surface area (Å²) in [4.78, 5) is 6.78. The van der Waals surface area contributed by atoms with Gasteiger partial charge in [0.2, 0.25) is 0 Å². The Morgan fingerprint density at radius 2 is 2.50 bits per heavy atom. The van der Waals surface area contributed by atoms with Crippen LogP contribution in [0.25, 0.3) is 0 Å². The molecule has 1 aromatic rings. The van der Waals surface area contributed by atoms with Crippen molar-refractivity contribution in [3.8, 4) is 0 Å². The highest BCUT2D eigenvalue weighted by Crippen LogP contribution is 2.04. The van der Waals surface area contributed by atoms with Crippen molar-refractivity contribution in [3.63, 3.8) is 0 Å². The number of nitrogens with one attached hydrogen (secondary N) is 1. The summed E-state index contributed by atoms with van der Waals surface area (Å²) in [5.41, 5.74) is 0. The molecule has 14 heavy (non-hydrogen) atoms. The average molecular weight is 194 g/mol. The Labute approximate surface area is 84.9 Å². The average Bonchev–Trinajstić information content (AvgIpc) is 2.52. The number of aryl methyl sites for hydroxylation is 1. The Kier molecular flexibility index (Phi) is 2.84. The Hall–Kier alpha value is -0.870. The number of aromatic nitrogens is 2. The monoisotopic (exact) mass is 194 g/mol. The van der Waals surface area contributed by atoms with Crippen molar-refractivity contribution in [1.82, 2.24) is 19.8 Å². The summed E-state index contributed by atoms with van der Waals surface area (Å²) in [6.45, 7) is 6.52. The minimum absolute atomic E-state index is 0.601. The number of imidazole rings is 1. The Balaban J connectivity index is 1.94. The van der Waals surface area contributed by atoms with E-state index in [1.165, 1.54) is 0 Å². The molecule has 1 N–H and O–H groups in total. The first-order chi connectivity index (χ1) is 6.75. The van der Waals surface area contributed by atoms with Crippen LogP contribution in [0.1, 0.15) is 12.7 Å². The molecule has 1 saturated heterocycles. The lowest BCUT2D eigenvalue weighted by Crippen LogP contribution is -2.48. The third kappa shape index (κ3) is 2.13. The second kappa shape index (κ2) is 4.11. The van der Waals surface area contributed by atoms with Crippen LogP contribution >= 0.6 is 0 Å². The molecule has 0 aliphatic carbocycles. The van der Waals surface area contributed by atoms with Gasteiger partial charge < -0.3 is 9.88 Å². The number of piperazine rings is 1. The molecule has 1 unspecified atom stereocenters. The summed E-state index contributed by atoms with van der Waals surface area (Å²) >= 11 is 0. The quantitative estimate of drug-likeness (QED) is 0.731. The molecule has 1 aromatic heterocycles. The molecule has 0 amide bonds. The van der Waals surface area contributed by atoms with E-state index in [9.17, 15) is 0 Å². The van der Waals surface area contributed by atoms with Crippen molar-refractivity contribution < 1.29 is 0 Å².